The van der Waals surface area contributed by atoms with E-state index < -0.39 is 0 Å². The molecule has 0 fully saturated rings. The number of carbonyl (C=O) groups excluding carboxylic acids is 1. The minimum atomic E-state index is 0.588. The van der Waals surface area contributed by atoms with Gasteiger partial charge in [-0.25, -0.2) is 0 Å². The molecule has 0 amide bonds. The summed E-state index contributed by atoms with van der Waals surface area (Å²) < 4.78 is 5.37. The molecule has 0 aliphatic carbocycles. The van der Waals surface area contributed by atoms with Gasteiger partial charge in [-0.15, -0.1) is 11.3 Å². The second-order valence-corrected chi connectivity index (χ2v) is 4.92. The molecule has 2 nitrogen and oxygen atoms in total. The first-order chi connectivity index (χ1) is 8.24. The monoisotopic (exact) mass is 266 g/mol. The summed E-state index contributed by atoms with van der Waals surface area (Å²) in [5.74, 6) is 0.685. The zero-order chi connectivity index (χ0) is 12.3. The first kappa shape index (κ1) is 12.1. The van der Waals surface area contributed by atoms with Crippen molar-refractivity contribution >= 4 is 29.2 Å². The quantitative estimate of drug-likeness (QED) is 0.772. The van der Waals surface area contributed by atoms with E-state index in [0.29, 0.717) is 22.3 Å². The SMILES string of the molecule is CCOc1ccc(-c2ccc(C=O)s2)cc1Cl. The Balaban J connectivity index is 2.33. The minimum Gasteiger partial charge on any atom is -0.492 e. The molecule has 0 spiro atoms. The lowest BCUT2D eigenvalue weighted by Gasteiger charge is -2.06. The third-order valence-corrected chi connectivity index (χ3v) is 3.61. The number of rotatable bonds is 4. The maximum Gasteiger partial charge on any atom is 0.160 e. The Hall–Kier alpha value is -1.32. The molecule has 1 aromatic carbocycles. The molecule has 0 atom stereocenters. The number of benzene rings is 1. The molecule has 0 saturated carbocycles. The van der Waals surface area contributed by atoms with Crippen LogP contribution in [0.5, 0.6) is 5.75 Å². The Morgan fingerprint density at radius 3 is 2.76 bits per heavy atom. The van der Waals surface area contributed by atoms with Crippen LogP contribution < -0.4 is 4.74 Å². The standard InChI is InChI=1S/C13H11ClO2S/c1-2-16-12-5-3-9(7-11(12)14)13-6-4-10(8-15)17-13/h3-8H,2H2,1H3. The maximum atomic E-state index is 10.6. The van der Waals surface area contributed by atoms with Gasteiger partial charge in [0.1, 0.15) is 5.75 Å². The average Bonchev–Trinajstić information content (AvgIpc) is 2.80. The average molecular weight is 267 g/mol. The normalized spacial score (nSPS) is 10.2. The molecule has 0 unspecified atom stereocenters. The summed E-state index contributed by atoms with van der Waals surface area (Å²) in [5, 5.41) is 0.588. The van der Waals surface area contributed by atoms with Crippen LogP contribution in [0.25, 0.3) is 10.4 Å². The zero-order valence-corrected chi connectivity index (χ0v) is 10.8. The Morgan fingerprint density at radius 2 is 2.18 bits per heavy atom. The van der Waals surface area contributed by atoms with E-state index in [9.17, 15) is 4.79 Å². The van der Waals surface area contributed by atoms with Crippen molar-refractivity contribution in [2.24, 2.45) is 0 Å². The third-order valence-electron chi connectivity index (χ3n) is 2.26. The van der Waals surface area contributed by atoms with Gasteiger partial charge in [-0.05, 0) is 42.8 Å². The fraction of sp³-hybridized carbons (Fsp3) is 0.154. The number of carbonyl (C=O) groups is 1. The molecule has 2 rings (SSSR count). The van der Waals surface area contributed by atoms with Gasteiger partial charge in [-0.1, -0.05) is 11.6 Å². The summed E-state index contributed by atoms with van der Waals surface area (Å²) in [7, 11) is 0. The lowest BCUT2D eigenvalue weighted by Crippen LogP contribution is -1.91. The summed E-state index contributed by atoms with van der Waals surface area (Å²) in [5.41, 5.74) is 0.997. The second kappa shape index (κ2) is 5.34. The van der Waals surface area contributed by atoms with Crippen LogP contribution >= 0.6 is 22.9 Å². The predicted molar refractivity (Wildman–Crippen MR) is 71.3 cm³/mol. The summed E-state index contributed by atoms with van der Waals surface area (Å²) in [4.78, 5) is 12.4. The van der Waals surface area contributed by atoms with Crippen molar-refractivity contribution in [1.82, 2.24) is 0 Å². The van der Waals surface area contributed by atoms with Gasteiger partial charge in [-0.2, -0.15) is 0 Å². The highest BCUT2D eigenvalue weighted by molar-refractivity contribution is 7.17. The molecule has 1 aromatic heterocycles. The van der Waals surface area contributed by atoms with Crippen LogP contribution in [0, 0.1) is 0 Å². The van der Waals surface area contributed by atoms with Gasteiger partial charge in [0.2, 0.25) is 0 Å². The van der Waals surface area contributed by atoms with E-state index in [4.69, 9.17) is 16.3 Å². The number of ether oxygens (including phenoxy) is 1. The number of hydrogen-bond acceptors (Lipinski definition) is 3. The highest BCUT2D eigenvalue weighted by Crippen LogP contribution is 2.33. The van der Waals surface area contributed by atoms with Gasteiger partial charge in [0.05, 0.1) is 16.5 Å². The Bertz CT molecular complexity index is 534. The fourth-order valence-electron chi connectivity index (χ4n) is 1.50. The molecular formula is C13H11ClO2S. The molecule has 0 radical (unpaired) electrons. The van der Waals surface area contributed by atoms with Gasteiger partial charge in [0, 0.05) is 4.88 Å². The van der Waals surface area contributed by atoms with E-state index >= 15 is 0 Å². The van der Waals surface area contributed by atoms with Crippen LogP contribution in [0.3, 0.4) is 0 Å². The van der Waals surface area contributed by atoms with E-state index in [1.807, 2.05) is 31.2 Å². The van der Waals surface area contributed by atoms with Crippen LogP contribution in [0.4, 0.5) is 0 Å². The summed E-state index contributed by atoms with van der Waals surface area (Å²) >= 11 is 7.56. The Labute approximate surface area is 109 Å². The molecule has 88 valence electrons. The highest BCUT2D eigenvalue weighted by atomic mass is 35.5. The molecule has 0 aliphatic rings. The largest absolute Gasteiger partial charge is 0.492 e. The fourth-order valence-corrected chi connectivity index (χ4v) is 2.55. The number of hydrogen-bond donors (Lipinski definition) is 0. The van der Waals surface area contributed by atoms with Gasteiger partial charge >= 0.3 is 0 Å². The predicted octanol–water partition coefficient (Wildman–Crippen LogP) is 4.28. The lowest BCUT2D eigenvalue weighted by molar-refractivity contribution is 0.112. The molecule has 4 heteroatoms. The van der Waals surface area contributed by atoms with E-state index in [1.165, 1.54) is 11.3 Å². The van der Waals surface area contributed by atoms with Crippen molar-refractivity contribution in [2.45, 2.75) is 6.92 Å². The number of halogens is 1. The van der Waals surface area contributed by atoms with Gasteiger partial charge in [0.25, 0.3) is 0 Å². The first-order valence-corrected chi connectivity index (χ1v) is 6.41. The van der Waals surface area contributed by atoms with Crippen LogP contribution in [-0.4, -0.2) is 12.9 Å². The van der Waals surface area contributed by atoms with Gasteiger partial charge in [-0.3, -0.25) is 4.79 Å². The highest BCUT2D eigenvalue weighted by Gasteiger charge is 2.06. The molecule has 0 aliphatic heterocycles. The smallest absolute Gasteiger partial charge is 0.160 e. The zero-order valence-electron chi connectivity index (χ0n) is 9.27. The lowest BCUT2D eigenvalue weighted by atomic mass is 10.2. The molecule has 0 N–H and O–H groups in total. The second-order valence-electron chi connectivity index (χ2n) is 3.40. The molecule has 1 heterocycles. The summed E-state index contributed by atoms with van der Waals surface area (Å²) in [6, 6.07) is 9.36. The van der Waals surface area contributed by atoms with Crippen molar-refractivity contribution < 1.29 is 9.53 Å². The topological polar surface area (TPSA) is 26.3 Å². The Kier molecular flexibility index (Phi) is 3.82. The van der Waals surface area contributed by atoms with Crippen LogP contribution in [0.2, 0.25) is 5.02 Å². The van der Waals surface area contributed by atoms with Crippen molar-refractivity contribution in [2.75, 3.05) is 6.61 Å². The maximum absolute atomic E-state index is 10.6. The number of aldehydes is 1. The van der Waals surface area contributed by atoms with Crippen LogP contribution in [0.15, 0.2) is 30.3 Å². The third kappa shape index (κ3) is 2.68. The van der Waals surface area contributed by atoms with E-state index in [0.717, 1.165) is 16.7 Å². The van der Waals surface area contributed by atoms with Crippen molar-refractivity contribution in [1.29, 1.82) is 0 Å². The van der Waals surface area contributed by atoms with E-state index in [2.05, 4.69) is 0 Å². The molecule has 0 bridgehead atoms. The van der Waals surface area contributed by atoms with Gasteiger partial charge in [0.15, 0.2) is 6.29 Å². The molecular weight excluding hydrogens is 256 g/mol. The first-order valence-electron chi connectivity index (χ1n) is 5.22. The van der Waals surface area contributed by atoms with Crippen molar-refractivity contribution in [3.63, 3.8) is 0 Å². The van der Waals surface area contributed by atoms with E-state index in [1.54, 1.807) is 6.07 Å². The van der Waals surface area contributed by atoms with Crippen molar-refractivity contribution in [3.8, 4) is 16.2 Å². The van der Waals surface area contributed by atoms with Gasteiger partial charge < -0.3 is 4.74 Å². The molecule has 17 heavy (non-hydrogen) atoms. The minimum absolute atomic E-state index is 0.588. The Morgan fingerprint density at radius 1 is 1.35 bits per heavy atom. The van der Waals surface area contributed by atoms with E-state index in [-0.39, 0.29) is 0 Å². The number of thiophene rings is 1. The molecule has 2 aromatic rings. The van der Waals surface area contributed by atoms with Crippen molar-refractivity contribution in [3.05, 3.63) is 40.2 Å². The molecule has 0 saturated heterocycles. The summed E-state index contributed by atoms with van der Waals surface area (Å²) in [6.07, 6.45) is 0.852. The summed E-state index contributed by atoms with van der Waals surface area (Å²) in [6.45, 7) is 2.51. The van der Waals surface area contributed by atoms with Crippen LogP contribution in [-0.2, 0) is 0 Å². The van der Waals surface area contributed by atoms with Crippen LogP contribution in [0.1, 0.15) is 16.6 Å².